The van der Waals surface area contributed by atoms with Crippen molar-refractivity contribution >= 4 is 39.4 Å². The van der Waals surface area contributed by atoms with Gasteiger partial charge in [0.15, 0.2) is 5.75 Å². The molecule has 4 aromatic carbocycles. The van der Waals surface area contributed by atoms with Gasteiger partial charge in [0.2, 0.25) is 0 Å². The molecule has 4 rings (SSSR count). The van der Waals surface area contributed by atoms with E-state index in [1.54, 1.807) is 54.6 Å². The van der Waals surface area contributed by atoms with E-state index in [1.807, 2.05) is 24.3 Å². The highest BCUT2D eigenvalue weighted by Crippen LogP contribution is 2.39. The molecule has 0 atom stereocenters. The first-order chi connectivity index (χ1) is 15.0. The van der Waals surface area contributed by atoms with E-state index in [2.05, 4.69) is 15.5 Å². The second-order valence-electron chi connectivity index (χ2n) is 6.94. The van der Waals surface area contributed by atoms with Crippen molar-refractivity contribution in [2.45, 2.75) is 6.61 Å². The molecule has 0 saturated carbocycles. The smallest absolute Gasteiger partial charge is 0.259 e. The Labute approximate surface area is 178 Å². The van der Waals surface area contributed by atoms with Crippen molar-refractivity contribution in [3.8, 4) is 5.75 Å². The number of aromatic hydroxyl groups is 1. The van der Waals surface area contributed by atoms with Gasteiger partial charge in [-0.15, -0.1) is 5.11 Å². The second-order valence-corrected chi connectivity index (χ2v) is 6.94. The zero-order chi connectivity index (χ0) is 21.8. The van der Waals surface area contributed by atoms with Gasteiger partial charge in [0.05, 0.1) is 17.9 Å². The molecule has 0 radical (unpaired) electrons. The summed E-state index contributed by atoms with van der Waals surface area (Å²) in [6.45, 7) is -0.0813. The number of hydrogen-bond donors (Lipinski definition) is 4. The highest BCUT2D eigenvalue weighted by molar-refractivity contribution is 6.11. The minimum Gasteiger partial charge on any atom is -0.505 e. The molecule has 0 fully saturated rings. The standard InChI is InChI=1S/C24H20N4O3/c25-17-7-11-19(12-8-17)27-28-22-20-4-2-1-3-16(20)13-21(23(22)30)24(31)26-18-9-5-15(14-29)6-10-18/h1-13,29-30H,14,25H2,(H,26,31). The van der Waals surface area contributed by atoms with Gasteiger partial charge >= 0.3 is 0 Å². The van der Waals surface area contributed by atoms with Crippen LogP contribution in [0.2, 0.25) is 0 Å². The van der Waals surface area contributed by atoms with Crippen molar-refractivity contribution in [3.63, 3.8) is 0 Å². The number of aliphatic hydroxyl groups is 1. The van der Waals surface area contributed by atoms with Gasteiger partial charge in [-0.3, -0.25) is 4.79 Å². The zero-order valence-electron chi connectivity index (χ0n) is 16.5. The van der Waals surface area contributed by atoms with Gasteiger partial charge in [0.25, 0.3) is 5.91 Å². The maximum Gasteiger partial charge on any atom is 0.259 e. The van der Waals surface area contributed by atoms with Crippen molar-refractivity contribution in [3.05, 3.63) is 90.0 Å². The molecular formula is C24H20N4O3. The van der Waals surface area contributed by atoms with Crippen molar-refractivity contribution in [1.29, 1.82) is 0 Å². The molecule has 0 aliphatic rings. The third kappa shape index (κ3) is 4.36. The van der Waals surface area contributed by atoms with Crippen LogP contribution in [0.25, 0.3) is 10.8 Å². The van der Waals surface area contributed by atoms with Gasteiger partial charge in [0.1, 0.15) is 5.69 Å². The summed E-state index contributed by atoms with van der Waals surface area (Å²) >= 11 is 0. The lowest BCUT2D eigenvalue weighted by atomic mass is 10.0. The van der Waals surface area contributed by atoms with E-state index in [0.29, 0.717) is 22.4 Å². The van der Waals surface area contributed by atoms with E-state index in [0.717, 1.165) is 10.9 Å². The van der Waals surface area contributed by atoms with Crippen LogP contribution in [0.5, 0.6) is 5.75 Å². The van der Waals surface area contributed by atoms with E-state index in [9.17, 15) is 9.90 Å². The summed E-state index contributed by atoms with van der Waals surface area (Å²) in [6, 6.07) is 22.6. The topological polar surface area (TPSA) is 120 Å². The molecule has 7 heteroatoms. The Morgan fingerprint density at radius 1 is 0.935 bits per heavy atom. The summed E-state index contributed by atoms with van der Waals surface area (Å²) in [7, 11) is 0. The lowest BCUT2D eigenvalue weighted by Gasteiger charge is -2.11. The quantitative estimate of drug-likeness (QED) is 0.263. The van der Waals surface area contributed by atoms with E-state index in [1.165, 1.54) is 0 Å². The normalized spacial score (nSPS) is 11.1. The molecule has 7 nitrogen and oxygen atoms in total. The average molecular weight is 412 g/mol. The van der Waals surface area contributed by atoms with Gasteiger partial charge in [-0.2, -0.15) is 5.11 Å². The van der Waals surface area contributed by atoms with Crippen molar-refractivity contribution in [1.82, 2.24) is 0 Å². The summed E-state index contributed by atoms with van der Waals surface area (Å²) in [4.78, 5) is 12.9. The number of hydrogen-bond acceptors (Lipinski definition) is 6. The van der Waals surface area contributed by atoms with Gasteiger partial charge in [-0.25, -0.2) is 0 Å². The number of nitrogens with zero attached hydrogens (tertiary/aromatic N) is 2. The number of aliphatic hydroxyl groups excluding tert-OH is 1. The summed E-state index contributed by atoms with van der Waals surface area (Å²) in [5.74, 6) is -0.744. The van der Waals surface area contributed by atoms with E-state index < -0.39 is 5.91 Å². The van der Waals surface area contributed by atoms with Gasteiger partial charge in [-0.05, 0) is 53.4 Å². The molecule has 0 spiro atoms. The highest BCUT2D eigenvalue weighted by atomic mass is 16.3. The number of phenols is 1. The monoisotopic (exact) mass is 412 g/mol. The Bertz CT molecular complexity index is 1270. The lowest BCUT2D eigenvalue weighted by molar-refractivity contribution is 0.102. The molecule has 154 valence electrons. The third-order valence-corrected chi connectivity index (χ3v) is 4.79. The first-order valence-electron chi connectivity index (χ1n) is 9.58. The Hall–Kier alpha value is -4.23. The number of phenolic OH excluding ortho intramolecular Hbond substituents is 1. The Kier molecular flexibility index (Phi) is 5.59. The van der Waals surface area contributed by atoms with E-state index in [-0.39, 0.29) is 23.6 Å². The molecule has 0 aromatic heterocycles. The minimum absolute atomic E-state index is 0.0798. The highest BCUT2D eigenvalue weighted by Gasteiger charge is 2.18. The number of carbonyl (C=O) groups is 1. The maximum absolute atomic E-state index is 12.9. The molecule has 0 unspecified atom stereocenters. The molecular weight excluding hydrogens is 392 g/mol. The van der Waals surface area contributed by atoms with E-state index >= 15 is 0 Å². The van der Waals surface area contributed by atoms with Crippen molar-refractivity contribution in [2.75, 3.05) is 11.1 Å². The molecule has 5 N–H and O–H groups in total. The summed E-state index contributed by atoms with van der Waals surface area (Å²) in [5.41, 5.74) is 8.43. The van der Waals surface area contributed by atoms with Crippen LogP contribution in [-0.2, 0) is 6.61 Å². The van der Waals surface area contributed by atoms with Crippen molar-refractivity contribution < 1.29 is 15.0 Å². The SMILES string of the molecule is Nc1ccc(N=Nc2c(O)c(C(=O)Nc3ccc(CO)cc3)cc3ccccc23)cc1. The van der Waals surface area contributed by atoms with E-state index in [4.69, 9.17) is 10.8 Å². The molecule has 0 heterocycles. The summed E-state index contributed by atoms with van der Waals surface area (Å²) < 4.78 is 0. The second kappa shape index (κ2) is 8.64. The molecule has 4 aromatic rings. The first kappa shape index (κ1) is 20.1. The fourth-order valence-electron chi connectivity index (χ4n) is 3.13. The van der Waals surface area contributed by atoms with Crippen LogP contribution >= 0.6 is 0 Å². The van der Waals surface area contributed by atoms with Crippen molar-refractivity contribution in [2.24, 2.45) is 10.2 Å². The number of nitrogens with one attached hydrogen (secondary N) is 1. The number of nitrogen functional groups attached to an aromatic ring is 1. The van der Waals surface area contributed by atoms with Gasteiger partial charge in [0, 0.05) is 16.8 Å². The van der Waals surface area contributed by atoms with Crippen LogP contribution in [0.3, 0.4) is 0 Å². The summed E-state index contributed by atoms with van der Waals surface area (Å²) in [5, 5.41) is 32.6. The Morgan fingerprint density at radius 3 is 2.35 bits per heavy atom. The van der Waals surface area contributed by atoms with Crippen LogP contribution < -0.4 is 11.1 Å². The Balaban J connectivity index is 1.72. The predicted octanol–water partition coefficient (Wildman–Crippen LogP) is 5.29. The number of amides is 1. The molecule has 31 heavy (non-hydrogen) atoms. The number of azo groups is 1. The number of rotatable bonds is 5. The zero-order valence-corrected chi connectivity index (χ0v) is 16.5. The number of anilines is 2. The Morgan fingerprint density at radius 2 is 1.65 bits per heavy atom. The van der Waals surface area contributed by atoms with Gasteiger partial charge < -0.3 is 21.3 Å². The largest absolute Gasteiger partial charge is 0.505 e. The van der Waals surface area contributed by atoms with Crippen LogP contribution in [-0.4, -0.2) is 16.1 Å². The molecule has 0 saturated heterocycles. The first-order valence-corrected chi connectivity index (χ1v) is 9.58. The molecule has 0 aliphatic carbocycles. The number of fused-ring (bicyclic) bond motifs is 1. The third-order valence-electron chi connectivity index (χ3n) is 4.79. The number of nitrogens with two attached hydrogens (primary N) is 1. The summed E-state index contributed by atoms with van der Waals surface area (Å²) in [6.07, 6.45) is 0. The number of benzene rings is 4. The van der Waals surface area contributed by atoms with Crippen LogP contribution in [0.15, 0.2) is 89.1 Å². The predicted molar refractivity (Wildman–Crippen MR) is 121 cm³/mol. The van der Waals surface area contributed by atoms with Crippen LogP contribution in [0.1, 0.15) is 15.9 Å². The average Bonchev–Trinajstić information content (AvgIpc) is 2.79. The fraction of sp³-hybridized carbons (Fsp3) is 0.0417. The lowest BCUT2D eigenvalue weighted by Crippen LogP contribution is -2.12. The van der Waals surface area contributed by atoms with Gasteiger partial charge in [-0.1, -0.05) is 36.4 Å². The maximum atomic E-state index is 12.9. The minimum atomic E-state index is -0.482. The van der Waals surface area contributed by atoms with Crippen LogP contribution in [0, 0.1) is 0 Å². The molecule has 0 bridgehead atoms. The molecule has 0 aliphatic heterocycles. The number of carbonyl (C=O) groups excluding carboxylic acids is 1. The molecule has 1 amide bonds. The van der Waals surface area contributed by atoms with Crippen LogP contribution in [0.4, 0.5) is 22.7 Å². The fourth-order valence-corrected chi connectivity index (χ4v) is 3.13.